The van der Waals surface area contributed by atoms with Gasteiger partial charge in [-0.2, -0.15) is 18.3 Å². The number of alkyl halides is 3. The van der Waals surface area contributed by atoms with E-state index in [1.54, 1.807) is 37.8 Å². The Bertz CT molecular complexity index is 1070. The van der Waals surface area contributed by atoms with Crippen LogP contribution in [0.15, 0.2) is 12.4 Å². The van der Waals surface area contributed by atoms with Crippen molar-refractivity contribution in [2.45, 2.75) is 57.9 Å². The van der Waals surface area contributed by atoms with Gasteiger partial charge in [0.05, 0.1) is 18.0 Å². The molecule has 0 bridgehead atoms. The molecular weight excluding hydrogens is 477 g/mol. The molecule has 1 saturated heterocycles. The Morgan fingerprint density at radius 3 is 2.35 bits per heavy atom. The van der Waals surface area contributed by atoms with Crippen LogP contribution in [-0.2, 0) is 10.9 Å². The molecule has 9 nitrogen and oxygen atoms in total. The minimum absolute atomic E-state index is 0.309. The van der Waals surface area contributed by atoms with E-state index >= 15 is 0 Å². The summed E-state index contributed by atoms with van der Waals surface area (Å²) in [6.07, 6.45) is -1.91. The number of hydrogen-bond donors (Lipinski definition) is 1. The van der Waals surface area contributed by atoms with E-state index in [9.17, 15) is 22.8 Å². The summed E-state index contributed by atoms with van der Waals surface area (Å²) in [5, 5.41) is 4.79. The van der Waals surface area contributed by atoms with Crippen LogP contribution in [0.4, 0.5) is 23.8 Å². The molecule has 0 aliphatic carbocycles. The van der Waals surface area contributed by atoms with Gasteiger partial charge >= 0.3 is 12.3 Å². The number of ether oxygens (including phenoxy) is 1. The molecule has 0 spiro atoms. The molecule has 13 heteroatoms. The van der Waals surface area contributed by atoms with Crippen molar-refractivity contribution >= 4 is 29.3 Å². The molecule has 186 valence electrons. The molecule has 1 fully saturated rings. The standard InChI is InChI=1S/C21H26ClF3N6O3/c1-19(2,3)34-18(33)30(5)20(4)6-8-31(9-7-20)13-11-26-14(17(22)28-13)15(32)12-10-27-29-16(12)21(23,24)25/h10-11H,6-9H2,1-5H3,(H,27,29). The number of anilines is 1. The highest BCUT2D eigenvalue weighted by Crippen LogP contribution is 2.33. The van der Waals surface area contributed by atoms with Gasteiger partial charge in [0.1, 0.15) is 17.1 Å². The van der Waals surface area contributed by atoms with Gasteiger partial charge in [0.15, 0.2) is 10.8 Å². The van der Waals surface area contributed by atoms with Crippen LogP contribution in [0.5, 0.6) is 0 Å². The summed E-state index contributed by atoms with van der Waals surface area (Å²) >= 11 is 6.13. The van der Waals surface area contributed by atoms with Crippen molar-refractivity contribution in [1.29, 1.82) is 0 Å². The summed E-state index contributed by atoms with van der Waals surface area (Å²) in [6.45, 7) is 8.41. The molecule has 3 rings (SSSR count). The number of nitrogens with one attached hydrogen (secondary N) is 1. The predicted molar refractivity (Wildman–Crippen MR) is 118 cm³/mol. The van der Waals surface area contributed by atoms with Gasteiger partial charge in [-0.05, 0) is 40.5 Å². The van der Waals surface area contributed by atoms with Crippen molar-refractivity contribution in [3.8, 4) is 0 Å². The number of hydrogen-bond acceptors (Lipinski definition) is 7. The van der Waals surface area contributed by atoms with E-state index in [4.69, 9.17) is 16.3 Å². The molecule has 0 unspecified atom stereocenters. The fourth-order valence-electron chi connectivity index (χ4n) is 3.57. The van der Waals surface area contributed by atoms with Crippen molar-refractivity contribution in [3.63, 3.8) is 0 Å². The maximum absolute atomic E-state index is 13.1. The first kappa shape index (κ1) is 25.7. The van der Waals surface area contributed by atoms with Gasteiger partial charge in [0.25, 0.3) is 0 Å². The van der Waals surface area contributed by atoms with Gasteiger partial charge in [0, 0.05) is 25.7 Å². The van der Waals surface area contributed by atoms with E-state index in [1.807, 2.05) is 11.8 Å². The molecule has 0 radical (unpaired) electrons. The molecule has 1 aliphatic heterocycles. The van der Waals surface area contributed by atoms with Crippen LogP contribution >= 0.6 is 11.6 Å². The third-order valence-electron chi connectivity index (χ3n) is 5.74. The summed E-state index contributed by atoms with van der Waals surface area (Å²) in [4.78, 5) is 36.7. The number of piperidine rings is 1. The maximum Gasteiger partial charge on any atom is 0.433 e. The Labute approximate surface area is 199 Å². The van der Waals surface area contributed by atoms with E-state index in [0.717, 1.165) is 6.20 Å². The second kappa shape index (κ2) is 9.05. The molecule has 1 aliphatic rings. The van der Waals surface area contributed by atoms with Crippen LogP contribution in [0.3, 0.4) is 0 Å². The van der Waals surface area contributed by atoms with E-state index in [1.165, 1.54) is 6.20 Å². The number of carbonyl (C=O) groups excluding carboxylic acids is 2. The van der Waals surface area contributed by atoms with Gasteiger partial charge in [-0.1, -0.05) is 11.6 Å². The molecule has 0 atom stereocenters. The summed E-state index contributed by atoms with van der Waals surface area (Å²) in [7, 11) is 1.70. The second-order valence-electron chi connectivity index (χ2n) is 9.38. The quantitative estimate of drug-likeness (QED) is 0.620. The van der Waals surface area contributed by atoms with Crippen molar-refractivity contribution < 1.29 is 27.5 Å². The van der Waals surface area contributed by atoms with Gasteiger partial charge in [-0.15, -0.1) is 0 Å². The van der Waals surface area contributed by atoms with Crippen LogP contribution in [-0.4, -0.2) is 68.2 Å². The van der Waals surface area contributed by atoms with Crippen LogP contribution in [0.2, 0.25) is 5.15 Å². The number of carbonyl (C=O) groups is 2. The Kier molecular flexibility index (Phi) is 6.84. The molecule has 1 amide bonds. The highest BCUT2D eigenvalue weighted by atomic mass is 35.5. The molecule has 0 saturated carbocycles. The SMILES string of the molecule is CN(C(=O)OC(C)(C)C)C1(C)CCN(c2cnc(C(=O)c3cn[nH]c3C(F)(F)F)c(Cl)n2)CC1. The molecule has 3 heterocycles. The van der Waals surface area contributed by atoms with E-state index in [2.05, 4.69) is 15.1 Å². The zero-order valence-electron chi connectivity index (χ0n) is 19.5. The lowest BCUT2D eigenvalue weighted by atomic mass is 9.88. The largest absolute Gasteiger partial charge is 0.444 e. The van der Waals surface area contributed by atoms with Gasteiger partial charge in [-0.3, -0.25) is 9.89 Å². The first-order valence-corrected chi connectivity index (χ1v) is 10.9. The monoisotopic (exact) mass is 502 g/mol. The van der Waals surface area contributed by atoms with Crippen molar-refractivity contribution in [2.24, 2.45) is 0 Å². The molecule has 34 heavy (non-hydrogen) atoms. The maximum atomic E-state index is 13.1. The predicted octanol–water partition coefficient (Wildman–Crippen LogP) is 4.33. The molecular formula is C21H26ClF3N6O3. The molecule has 2 aromatic rings. The number of ketones is 1. The Morgan fingerprint density at radius 2 is 1.82 bits per heavy atom. The topological polar surface area (TPSA) is 104 Å². The van der Waals surface area contributed by atoms with Crippen LogP contribution in [0.25, 0.3) is 0 Å². The number of rotatable bonds is 4. The molecule has 0 aromatic carbocycles. The van der Waals surface area contributed by atoms with Crippen molar-refractivity contribution in [2.75, 3.05) is 25.0 Å². The highest BCUT2D eigenvalue weighted by molar-refractivity contribution is 6.33. The third kappa shape index (κ3) is 5.43. The van der Waals surface area contributed by atoms with Gasteiger partial charge in [-0.25, -0.2) is 14.8 Å². The zero-order valence-corrected chi connectivity index (χ0v) is 20.2. The Morgan fingerprint density at radius 1 is 1.21 bits per heavy atom. The zero-order chi connectivity index (χ0) is 25.5. The summed E-state index contributed by atoms with van der Waals surface area (Å²) in [5.41, 5.74) is -3.41. The highest BCUT2D eigenvalue weighted by Gasteiger charge is 2.40. The van der Waals surface area contributed by atoms with Gasteiger partial charge < -0.3 is 14.5 Å². The van der Waals surface area contributed by atoms with Gasteiger partial charge in [0.2, 0.25) is 5.78 Å². The Balaban J connectivity index is 1.72. The average Bonchev–Trinajstić information content (AvgIpc) is 3.22. The number of amides is 1. The number of H-pyrrole nitrogens is 1. The third-order valence-corrected chi connectivity index (χ3v) is 6.00. The number of aromatic amines is 1. The van der Waals surface area contributed by atoms with Crippen LogP contribution < -0.4 is 4.90 Å². The smallest absolute Gasteiger partial charge is 0.433 e. The van der Waals surface area contributed by atoms with E-state index < -0.39 is 46.1 Å². The summed E-state index contributed by atoms with van der Waals surface area (Å²) in [6, 6.07) is 0. The van der Waals surface area contributed by atoms with E-state index in [0.29, 0.717) is 31.7 Å². The first-order chi connectivity index (χ1) is 15.6. The van der Waals surface area contributed by atoms with Crippen LogP contribution in [0, 0.1) is 0 Å². The summed E-state index contributed by atoms with van der Waals surface area (Å²) < 4.78 is 44.7. The number of aromatic nitrogens is 4. The van der Waals surface area contributed by atoms with E-state index in [-0.39, 0.29) is 5.15 Å². The van der Waals surface area contributed by atoms with Crippen molar-refractivity contribution in [1.82, 2.24) is 25.1 Å². The number of halogens is 4. The molecule has 2 aromatic heterocycles. The summed E-state index contributed by atoms with van der Waals surface area (Å²) in [5.74, 6) is -0.651. The van der Waals surface area contributed by atoms with Crippen molar-refractivity contribution in [3.05, 3.63) is 34.5 Å². The lowest BCUT2D eigenvalue weighted by Gasteiger charge is -2.45. The first-order valence-electron chi connectivity index (χ1n) is 10.5. The fraction of sp³-hybridized carbons (Fsp3) is 0.571. The lowest BCUT2D eigenvalue weighted by Crippen LogP contribution is -2.55. The minimum atomic E-state index is -4.78. The van der Waals surface area contributed by atoms with Crippen LogP contribution in [0.1, 0.15) is 62.3 Å². The minimum Gasteiger partial charge on any atom is -0.444 e. The lowest BCUT2D eigenvalue weighted by molar-refractivity contribution is -0.141. The normalized spacial score (nSPS) is 16.3. The number of nitrogens with zero attached hydrogens (tertiary/aromatic N) is 5. The fourth-order valence-corrected chi connectivity index (χ4v) is 3.79. The Hall–Kier alpha value is -2.89. The average molecular weight is 503 g/mol. The molecule has 1 N–H and O–H groups in total. The second-order valence-corrected chi connectivity index (χ2v) is 9.73.